The summed E-state index contributed by atoms with van der Waals surface area (Å²) >= 11 is 0. The largest absolute Gasteiger partial charge is 0.273 e. The van der Waals surface area contributed by atoms with Crippen molar-refractivity contribution >= 4 is 27.7 Å². The maximum atomic E-state index is 11.7. The number of hydrazine groups is 1. The fourth-order valence-electron chi connectivity index (χ4n) is 2.56. The van der Waals surface area contributed by atoms with Crippen LogP contribution in [0.15, 0.2) is 30.3 Å². The third-order valence-corrected chi connectivity index (χ3v) is 5.78. The Morgan fingerprint density at radius 2 is 1.92 bits per heavy atom. The van der Waals surface area contributed by atoms with Gasteiger partial charge in [-0.15, -0.1) is 0 Å². The molecule has 6 nitrogen and oxygen atoms in total. The van der Waals surface area contributed by atoms with Crippen molar-refractivity contribution in [2.75, 3.05) is 11.5 Å². The molecule has 1 fully saturated rings. The Morgan fingerprint density at radius 3 is 2.50 bits per heavy atom. The summed E-state index contributed by atoms with van der Waals surface area (Å²) in [6, 6.07) is 7.83. The van der Waals surface area contributed by atoms with E-state index in [1.165, 1.54) is 11.6 Å². The summed E-state index contributed by atoms with van der Waals surface area (Å²) in [7, 11) is -3.00. The second kappa shape index (κ2) is 8.10. The van der Waals surface area contributed by atoms with Gasteiger partial charge in [-0.3, -0.25) is 20.4 Å². The summed E-state index contributed by atoms with van der Waals surface area (Å²) in [6.07, 6.45) is 4.55. The Labute approximate surface area is 142 Å². The molecule has 1 aliphatic heterocycles. The fraction of sp³-hybridized carbons (Fsp3) is 0.412. The second-order valence-electron chi connectivity index (χ2n) is 5.94. The summed E-state index contributed by atoms with van der Waals surface area (Å²) in [6.45, 7) is 2.07. The van der Waals surface area contributed by atoms with Crippen molar-refractivity contribution < 1.29 is 18.0 Å². The van der Waals surface area contributed by atoms with Crippen LogP contribution < -0.4 is 10.9 Å². The lowest BCUT2D eigenvalue weighted by Gasteiger charge is -2.08. The lowest BCUT2D eigenvalue weighted by atomic mass is 10.1. The third kappa shape index (κ3) is 5.81. The Bertz CT molecular complexity index is 723. The molecule has 1 saturated heterocycles. The van der Waals surface area contributed by atoms with Gasteiger partial charge >= 0.3 is 0 Å². The highest BCUT2D eigenvalue weighted by molar-refractivity contribution is 7.91. The third-order valence-electron chi connectivity index (χ3n) is 3.94. The molecule has 1 aromatic carbocycles. The molecular formula is C17H22N2O4S. The molecule has 2 amide bonds. The Hall–Kier alpha value is -2.15. The molecule has 0 spiro atoms. The first-order valence-corrected chi connectivity index (χ1v) is 9.76. The minimum absolute atomic E-state index is 0.0437. The smallest absolute Gasteiger partial charge is 0.262 e. The molecule has 1 aromatic rings. The van der Waals surface area contributed by atoms with E-state index in [1.807, 2.05) is 24.3 Å². The first-order valence-electron chi connectivity index (χ1n) is 7.94. The number of sulfone groups is 1. The maximum Gasteiger partial charge on any atom is 0.262 e. The number of carbonyl (C=O) groups excluding carboxylic acids is 2. The zero-order valence-corrected chi connectivity index (χ0v) is 14.4. The van der Waals surface area contributed by atoms with E-state index < -0.39 is 15.7 Å². The van der Waals surface area contributed by atoms with Crippen LogP contribution in [0.25, 0.3) is 6.08 Å². The molecule has 130 valence electrons. The summed E-state index contributed by atoms with van der Waals surface area (Å²) < 4.78 is 22.7. The molecular weight excluding hydrogens is 328 g/mol. The Balaban J connectivity index is 1.74. The molecule has 0 aromatic heterocycles. The minimum Gasteiger partial charge on any atom is -0.273 e. The van der Waals surface area contributed by atoms with Crippen LogP contribution in [-0.4, -0.2) is 31.7 Å². The van der Waals surface area contributed by atoms with Gasteiger partial charge in [0.1, 0.15) is 0 Å². The van der Waals surface area contributed by atoms with Crippen LogP contribution in [0.3, 0.4) is 0 Å². The van der Waals surface area contributed by atoms with Gasteiger partial charge in [0.05, 0.1) is 11.5 Å². The SMILES string of the molecule is CCc1ccc(/C=C/C(=O)NNC(=O)C[C@@H]2CCS(=O)(=O)C2)cc1. The van der Waals surface area contributed by atoms with E-state index in [0.29, 0.717) is 6.42 Å². The molecule has 0 unspecified atom stereocenters. The van der Waals surface area contributed by atoms with E-state index in [4.69, 9.17) is 0 Å². The van der Waals surface area contributed by atoms with E-state index in [-0.39, 0.29) is 29.8 Å². The van der Waals surface area contributed by atoms with Crippen LogP contribution >= 0.6 is 0 Å². The van der Waals surface area contributed by atoms with Crippen molar-refractivity contribution in [3.05, 3.63) is 41.5 Å². The number of carbonyl (C=O) groups is 2. The van der Waals surface area contributed by atoms with Crippen LogP contribution in [0.4, 0.5) is 0 Å². The average molecular weight is 350 g/mol. The van der Waals surface area contributed by atoms with Crippen LogP contribution in [0.5, 0.6) is 0 Å². The molecule has 1 atom stereocenters. The van der Waals surface area contributed by atoms with Crippen molar-refractivity contribution in [2.45, 2.75) is 26.2 Å². The van der Waals surface area contributed by atoms with E-state index in [1.54, 1.807) is 6.08 Å². The first-order chi connectivity index (χ1) is 11.4. The minimum atomic E-state index is -3.00. The first kappa shape index (κ1) is 18.2. The standard InChI is InChI=1S/C17H22N2O4S/c1-2-13-3-5-14(6-4-13)7-8-16(20)18-19-17(21)11-15-9-10-24(22,23)12-15/h3-8,15H,2,9-12H2,1H3,(H,18,20)(H,19,21)/b8-7+/t15-/m0/s1. The lowest BCUT2D eigenvalue weighted by molar-refractivity contribution is -0.127. The summed E-state index contributed by atoms with van der Waals surface area (Å²) in [5.74, 6) is -0.813. The highest BCUT2D eigenvalue weighted by Crippen LogP contribution is 2.21. The molecule has 1 heterocycles. The van der Waals surface area contributed by atoms with Crippen LogP contribution in [0.1, 0.15) is 30.9 Å². The molecule has 24 heavy (non-hydrogen) atoms. The summed E-state index contributed by atoms with van der Waals surface area (Å²) in [5.41, 5.74) is 6.72. The highest BCUT2D eigenvalue weighted by atomic mass is 32.2. The van der Waals surface area contributed by atoms with Gasteiger partial charge in [-0.25, -0.2) is 8.42 Å². The van der Waals surface area contributed by atoms with Gasteiger partial charge in [-0.1, -0.05) is 31.2 Å². The number of hydrogen-bond donors (Lipinski definition) is 2. The van der Waals surface area contributed by atoms with Gasteiger partial charge in [0.25, 0.3) is 5.91 Å². The van der Waals surface area contributed by atoms with Crippen LogP contribution in [0, 0.1) is 5.92 Å². The number of rotatable bonds is 5. The van der Waals surface area contributed by atoms with E-state index in [0.717, 1.165) is 12.0 Å². The molecule has 7 heteroatoms. The zero-order chi connectivity index (χ0) is 17.6. The fourth-order valence-corrected chi connectivity index (χ4v) is 4.42. The predicted octanol–water partition coefficient (Wildman–Crippen LogP) is 1.23. The van der Waals surface area contributed by atoms with Gasteiger partial charge < -0.3 is 0 Å². The van der Waals surface area contributed by atoms with Crippen molar-refractivity contribution in [3.8, 4) is 0 Å². The Morgan fingerprint density at radius 1 is 1.21 bits per heavy atom. The topological polar surface area (TPSA) is 92.3 Å². The molecule has 1 aliphatic rings. The van der Waals surface area contributed by atoms with E-state index in [2.05, 4.69) is 17.8 Å². The number of amides is 2. The molecule has 0 saturated carbocycles. The maximum absolute atomic E-state index is 11.7. The van der Waals surface area contributed by atoms with Gasteiger partial charge in [0, 0.05) is 12.5 Å². The van der Waals surface area contributed by atoms with Crippen LogP contribution in [-0.2, 0) is 25.8 Å². The highest BCUT2D eigenvalue weighted by Gasteiger charge is 2.29. The van der Waals surface area contributed by atoms with E-state index in [9.17, 15) is 18.0 Å². The van der Waals surface area contributed by atoms with Crippen molar-refractivity contribution in [2.24, 2.45) is 5.92 Å². The number of benzene rings is 1. The van der Waals surface area contributed by atoms with Gasteiger partial charge in [-0.05, 0) is 36.0 Å². The molecule has 2 rings (SSSR count). The number of aryl methyl sites for hydroxylation is 1. The zero-order valence-electron chi connectivity index (χ0n) is 13.6. The van der Waals surface area contributed by atoms with Gasteiger partial charge in [0.2, 0.25) is 5.91 Å². The predicted molar refractivity (Wildman–Crippen MR) is 92.5 cm³/mol. The molecule has 0 bridgehead atoms. The Kier molecular flexibility index (Phi) is 6.14. The van der Waals surface area contributed by atoms with Gasteiger partial charge in [-0.2, -0.15) is 0 Å². The van der Waals surface area contributed by atoms with Gasteiger partial charge in [0.15, 0.2) is 9.84 Å². The van der Waals surface area contributed by atoms with Crippen molar-refractivity contribution in [3.63, 3.8) is 0 Å². The summed E-state index contributed by atoms with van der Waals surface area (Å²) in [4.78, 5) is 23.4. The second-order valence-corrected chi connectivity index (χ2v) is 8.17. The quantitative estimate of drug-likeness (QED) is 0.617. The molecule has 0 radical (unpaired) electrons. The summed E-state index contributed by atoms with van der Waals surface area (Å²) in [5, 5.41) is 0. The van der Waals surface area contributed by atoms with Crippen molar-refractivity contribution in [1.29, 1.82) is 0 Å². The number of nitrogens with one attached hydrogen (secondary N) is 2. The number of hydrogen-bond acceptors (Lipinski definition) is 4. The van der Waals surface area contributed by atoms with E-state index >= 15 is 0 Å². The lowest BCUT2D eigenvalue weighted by Crippen LogP contribution is -2.41. The van der Waals surface area contributed by atoms with Crippen LogP contribution in [0.2, 0.25) is 0 Å². The average Bonchev–Trinajstić information content (AvgIpc) is 2.90. The molecule has 0 aliphatic carbocycles. The molecule has 2 N–H and O–H groups in total. The monoisotopic (exact) mass is 350 g/mol. The van der Waals surface area contributed by atoms with Crippen molar-refractivity contribution in [1.82, 2.24) is 10.9 Å². The normalized spacial score (nSPS) is 19.3.